The zero-order chi connectivity index (χ0) is 10.9. The standard InChI is InChI=1S/C8H14O6/c1-14-8(13)3-2-4(9)6(11)7(12)5(3)10/h2,4-13H,1H3/t4-,5-,6-,7+,8?/m1/s1. The summed E-state index contributed by atoms with van der Waals surface area (Å²) in [5.74, 6) is 0. The van der Waals surface area contributed by atoms with Gasteiger partial charge >= 0.3 is 0 Å². The maximum absolute atomic E-state index is 9.40. The van der Waals surface area contributed by atoms with E-state index in [4.69, 9.17) is 5.11 Å². The Morgan fingerprint density at radius 2 is 1.79 bits per heavy atom. The number of aliphatic hydroxyl groups is 5. The highest BCUT2D eigenvalue weighted by atomic mass is 16.6. The summed E-state index contributed by atoms with van der Waals surface area (Å²) in [5, 5.41) is 46.3. The third-order valence-corrected chi connectivity index (χ3v) is 2.24. The number of methoxy groups -OCH3 is 1. The van der Waals surface area contributed by atoms with Gasteiger partial charge in [-0.1, -0.05) is 0 Å². The van der Waals surface area contributed by atoms with E-state index in [2.05, 4.69) is 4.74 Å². The van der Waals surface area contributed by atoms with E-state index in [9.17, 15) is 20.4 Å². The highest BCUT2D eigenvalue weighted by Crippen LogP contribution is 2.22. The Bertz CT molecular complexity index is 228. The first-order chi connectivity index (χ1) is 6.49. The Morgan fingerprint density at radius 1 is 1.21 bits per heavy atom. The minimum atomic E-state index is -1.53. The fourth-order valence-corrected chi connectivity index (χ4v) is 1.34. The van der Waals surface area contributed by atoms with Crippen molar-refractivity contribution in [2.75, 3.05) is 7.11 Å². The molecule has 0 heterocycles. The lowest BCUT2D eigenvalue weighted by Gasteiger charge is -2.33. The number of ether oxygens (including phenoxy) is 1. The molecule has 0 aromatic rings. The number of rotatable bonds is 2. The highest BCUT2D eigenvalue weighted by Gasteiger charge is 2.38. The van der Waals surface area contributed by atoms with Crippen LogP contribution in [0.3, 0.4) is 0 Å². The van der Waals surface area contributed by atoms with Crippen molar-refractivity contribution < 1.29 is 30.3 Å². The topological polar surface area (TPSA) is 110 Å². The largest absolute Gasteiger partial charge is 0.387 e. The predicted octanol–water partition coefficient (Wildman–Crippen LogP) is -2.67. The van der Waals surface area contributed by atoms with Gasteiger partial charge in [0.05, 0.1) is 0 Å². The van der Waals surface area contributed by atoms with E-state index in [0.717, 1.165) is 6.08 Å². The van der Waals surface area contributed by atoms with E-state index in [1.54, 1.807) is 0 Å². The second kappa shape index (κ2) is 4.35. The van der Waals surface area contributed by atoms with E-state index in [1.165, 1.54) is 7.11 Å². The summed E-state index contributed by atoms with van der Waals surface area (Å²) in [6.45, 7) is 0. The molecule has 1 rings (SSSR count). The molecule has 1 aliphatic carbocycles. The summed E-state index contributed by atoms with van der Waals surface area (Å²) in [7, 11) is 1.21. The molecule has 5 atom stereocenters. The van der Waals surface area contributed by atoms with Crippen molar-refractivity contribution in [3.63, 3.8) is 0 Å². The third kappa shape index (κ3) is 1.95. The van der Waals surface area contributed by atoms with Gasteiger partial charge in [-0.3, -0.25) is 0 Å². The molecule has 0 saturated carbocycles. The van der Waals surface area contributed by atoms with Gasteiger partial charge in [-0.2, -0.15) is 0 Å². The Kier molecular flexibility index (Phi) is 3.59. The van der Waals surface area contributed by atoms with E-state index < -0.39 is 30.7 Å². The quantitative estimate of drug-likeness (QED) is 0.249. The molecule has 82 valence electrons. The minimum absolute atomic E-state index is 0.0576. The van der Waals surface area contributed by atoms with Crippen molar-refractivity contribution in [1.29, 1.82) is 0 Å². The lowest BCUT2D eigenvalue weighted by Crippen LogP contribution is -2.50. The Morgan fingerprint density at radius 3 is 2.29 bits per heavy atom. The van der Waals surface area contributed by atoms with Crippen LogP contribution in [0.2, 0.25) is 0 Å². The van der Waals surface area contributed by atoms with Crippen molar-refractivity contribution in [3.05, 3.63) is 11.6 Å². The second-order valence-electron chi connectivity index (χ2n) is 3.17. The number of aliphatic hydroxyl groups excluding tert-OH is 5. The molecule has 0 bridgehead atoms. The molecule has 6 heteroatoms. The molecule has 0 fully saturated rings. The Hall–Kier alpha value is -0.500. The van der Waals surface area contributed by atoms with Gasteiger partial charge in [-0.25, -0.2) is 0 Å². The molecule has 0 saturated heterocycles. The molecule has 14 heavy (non-hydrogen) atoms. The highest BCUT2D eigenvalue weighted by molar-refractivity contribution is 5.21. The molecule has 0 radical (unpaired) electrons. The van der Waals surface area contributed by atoms with Crippen LogP contribution in [0.15, 0.2) is 11.6 Å². The first kappa shape index (κ1) is 11.6. The molecule has 6 nitrogen and oxygen atoms in total. The normalized spacial score (nSPS) is 40.6. The maximum Gasteiger partial charge on any atom is 0.179 e. The fraction of sp³-hybridized carbons (Fsp3) is 0.750. The fourth-order valence-electron chi connectivity index (χ4n) is 1.34. The average Bonchev–Trinajstić information content (AvgIpc) is 2.19. The summed E-state index contributed by atoms with van der Waals surface area (Å²) in [6, 6.07) is 0. The van der Waals surface area contributed by atoms with Gasteiger partial charge in [0.15, 0.2) is 6.29 Å². The summed E-state index contributed by atoms with van der Waals surface area (Å²) < 4.78 is 4.52. The van der Waals surface area contributed by atoms with Crippen molar-refractivity contribution >= 4 is 0 Å². The first-order valence-corrected chi connectivity index (χ1v) is 4.13. The Labute approximate surface area is 80.7 Å². The van der Waals surface area contributed by atoms with Crippen LogP contribution in [0.1, 0.15) is 0 Å². The molecule has 0 aliphatic heterocycles. The number of hydrogen-bond donors (Lipinski definition) is 5. The van der Waals surface area contributed by atoms with Gasteiger partial charge in [0.25, 0.3) is 0 Å². The van der Waals surface area contributed by atoms with Crippen molar-refractivity contribution in [3.8, 4) is 0 Å². The smallest absolute Gasteiger partial charge is 0.179 e. The summed E-state index contributed by atoms with van der Waals surface area (Å²) in [4.78, 5) is 0. The van der Waals surface area contributed by atoms with Crippen molar-refractivity contribution in [2.24, 2.45) is 0 Å². The molecular weight excluding hydrogens is 192 g/mol. The van der Waals surface area contributed by atoms with Crippen LogP contribution in [0.25, 0.3) is 0 Å². The lowest BCUT2D eigenvalue weighted by atomic mass is 9.89. The summed E-state index contributed by atoms with van der Waals surface area (Å²) in [6.07, 6.45) is -6.10. The molecule has 5 N–H and O–H groups in total. The molecular formula is C8H14O6. The van der Waals surface area contributed by atoms with Gasteiger partial charge in [0.1, 0.15) is 24.4 Å². The average molecular weight is 206 g/mol. The second-order valence-corrected chi connectivity index (χ2v) is 3.17. The van der Waals surface area contributed by atoms with Gasteiger partial charge in [-0.15, -0.1) is 0 Å². The maximum atomic E-state index is 9.40. The van der Waals surface area contributed by atoms with Crippen LogP contribution in [0.5, 0.6) is 0 Å². The van der Waals surface area contributed by atoms with Gasteiger partial charge in [0, 0.05) is 12.7 Å². The molecule has 0 aromatic heterocycles. The molecule has 0 spiro atoms. The van der Waals surface area contributed by atoms with Crippen LogP contribution < -0.4 is 0 Å². The summed E-state index contributed by atoms with van der Waals surface area (Å²) >= 11 is 0. The first-order valence-electron chi connectivity index (χ1n) is 4.13. The van der Waals surface area contributed by atoms with Crippen molar-refractivity contribution in [1.82, 2.24) is 0 Å². The van der Waals surface area contributed by atoms with E-state index in [0.29, 0.717) is 0 Å². The summed E-state index contributed by atoms with van der Waals surface area (Å²) in [5.41, 5.74) is -0.0576. The molecule has 1 aliphatic rings. The zero-order valence-corrected chi connectivity index (χ0v) is 7.61. The van der Waals surface area contributed by atoms with E-state index >= 15 is 0 Å². The van der Waals surface area contributed by atoms with Crippen LogP contribution >= 0.6 is 0 Å². The lowest BCUT2D eigenvalue weighted by molar-refractivity contribution is -0.119. The third-order valence-electron chi connectivity index (χ3n) is 2.24. The van der Waals surface area contributed by atoms with Gasteiger partial charge in [-0.05, 0) is 6.08 Å². The zero-order valence-electron chi connectivity index (χ0n) is 7.61. The minimum Gasteiger partial charge on any atom is -0.387 e. The predicted molar refractivity (Wildman–Crippen MR) is 45.1 cm³/mol. The van der Waals surface area contributed by atoms with Crippen molar-refractivity contribution in [2.45, 2.75) is 30.7 Å². The SMILES string of the molecule is COC(O)C1=C[C@@H](O)[C@@H](O)[C@@H](O)[C@@H]1O. The molecule has 0 aromatic carbocycles. The van der Waals surface area contributed by atoms with Gasteiger partial charge in [0.2, 0.25) is 0 Å². The number of hydrogen-bond acceptors (Lipinski definition) is 6. The van der Waals surface area contributed by atoms with E-state index in [-0.39, 0.29) is 5.57 Å². The van der Waals surface area contributed by atoms with E-state index in [1.807, 2.05) is 0 Å². The van der Waals surface area contributed by atoms with Crippen LogP contribution in [0, 0.1) is 0 Å². The molecule has 0 amide bonds. The van der Waals surface area contributed by atoms with Crippen LogP contribution in [0.4, 0.5) is 0 Å². The monoisotopic (exact) mass is 206 g/mol. The van der Waals surface area contributed by atoms with Crippen LogP contribution in [-0.4, -0.2) is 63.3 Å². The molecule has 1 unspecified atom stereocenters. The van der Waals surface area contributed by atoms with Gasteiger partial charge < -0.3 is 30.3 Å². The Balaban J connectivity index is 2.89. The van der Waals surface area contributed by atoms with Crippen LogP contribution in [-0.2, 0) is 4.74 Å².